The molecule has 136 valence electrons. The van der Waals surface area contributed by atoms with Gasteiger partial charge in [0.1, 0.15) is 11.5 Å². The van der Waals surface area contributed by atoms with Crippen molar-refractivity contribution in [1.29, 1.82) is 0 Å². The average molecular weight is 383 g/mol. The molecule has 0 atom stereocenters. The predicted molar refractivity (Wildman–Crippen MR) is 102 cm³/mol. The van der Waals surface area contributed by atoms with Gasteiger partial charge in [0.15, 0.2) is 0 Å². The molecule has 0 fully saturated rings. The Balaban J connectivity index is 1.72. The minimum absolute atomic E-state index is 0.392. The van der Waals surface area contributed by atoms with Crippen molar-refractivity contribution in [1.82, 2.24) is 5.43 Å². The van der Waals surface area contributed by atoms with E-state index in [2.05, 4.69) is 10.5 Å². The molecule has 1 heterocycles. The Morgan fingerprint density at radius 2 is 1.93 bits per heavy atom. The highest BCUT2D eigenvalue weighted by Gasteiger charge is 2.15. The van der Waals surface area contributed by atoms with Gasteiger partial charge in [-0.2, -0.15) is 5.10 Å². The number of amides is 1. The Kier molecular flexibility index (Phi) is 5.68. The van der Waals surface area contributed by atoms with Crippen LogP contribution in [0.15, 0.2) is 70.2 Å². The number of halogens is 1. The zero-order valence-corrected chi connectivity index (χ0v) is 15.1. The summed E-state index contributed by atoms with van der Waals surface area (Å²) in [7, 11) is 1.32. The number of carbonyl (C=O) groups is 2. The second-order valence-electron chi connectivity index (χ2n) is 5.45. The van der Waals surface area contributed by atoms with Gasteiger partial charge in [-0.15, -0.1) is 0 Å². The van der Waals surface area contributed by atoms with Crippen LogP contribution in [0.5, 0.6) is 0 Å². The van der Waals surface area contributed by atoms with Crippen molar-refractivity contribution in [2.75, 3.05) is 7.11 Å². The van der Waals surface area contributed by atoms with Gasteiger partial charge in [-0.3, -0.25) is 4.79 Å². The number of rotatable bonds is 5. The first-order valence-corrected chi connectivity index (χ1v) is 8.33. The Morgan fingerprint density at radius 3 is 2.70 bits per heavy atom. The molecular formula is C20H15ClN2O4. The molecule has 27 heavy (non-hydrogen) atoms. The van der Waals surface area contributed by atoms with Crippen LogP contribution in [0.3, 0.4) is 0 Å². The molecule has 0 aliphatic carbocycles. The summed E-state index contributed by atoms with van der Waals surface area (Å²) in [5, 5.41) is 4.34. The summed E-state index contributed by atoms with van der Waals surface area (Å²) < 4.78 is 10.5. The first kappa shape index (κ1) is 18.4. The van der Waals surface area contributed by atoms with E-state index in [-0.39, 0.29) is 0 Å². The van der Waals surface area contributed by atoms with Crippen LogP contribution >= 0.6 is 11.6 Å². The monoisotopic (exact) mass is 382 g/mol. The molecule has 1 aromatic heterocycles. The third kappa shape index (κ3) is 4.43. The summed E-state index contributed by atoms with van der Waals surface area (Å²) in [6.45, 7) is 0. The highest BCUT2D eigenvalue weighted by molar-refractivity contribution is 6.30. The maximum atomic E-state index is 12.0. The lowest BCUT2D eigenvalue weighted by molar-refractivity contribution is 0.0601. The number of ether oxygens (including phenoxy) is 1. The SMILES string of the molecule is COC(=O)c1ccccc1-c1ccc(/C=N/NC(=O)c2cccc(Cl)c2)o1. The lowest BCUT2D eigenvalue weighted by atomic mass is 10.1. The molecule has 1 amide bonds. The van der Waals surface area contributed by atoms with Crippen LogP contribution in [0.2, 0.25) is 5.02 Å². The van der Waals surface area contributed by atoms with Gasteiger partial charge >= 0.3 is 5.97 Å². The summed E-state index contributed by atoms with van der Waals surface area (Å²) in [6.07, 6.45) is 1.37. The Labute approximate surface area is 160 Å². The number of nitrogens with zero attached hydrogens (tertiary/aromatic N) is 1. The molecule has 0 aliphatic heterocycles. The Hall–Kier alpha value is -3.38. The topological polar surface area (TPSA) is 80.9 Å². The largest absolute Gasteiger partial charge is 0.465 e. The fraction of sp³-hybridized carbons (Fsp3) is 0.0500. The van der Waals surface area contributed by atoms with Gasteiger partial charge in [-0.25, -0.2) is 10.2 Å². The third-order valence-corrected chi connectivity index (χ3v) is 3.90. The van der Waals surface area contributed by atoms with Crippen LogP contribution in [0.4, 0.5) is 0 Å². The lowest BCUT2D eigenvalue weighted by Crippen LogP contribution is -2.17. The van der Waals surface area contributed by atoms with Gasteiger partial charge in [0.2, 0.25) is 0 Å². The molecule has 0 bridgehead atoms. The molecule has 0 saturated carbocycles. The van der Waals surface area contributed by atoms with Crippen LogP contribution in [0.1, 0.15) is 26.5 Å². The van der Waals surface area contributed by atoms with Gasteiger partial charge in [-0.1, -0.05) is 35.9 Å². The van der Waals surface area contributed by atoms with E-state index in [1.165, 1.54) is 13.3 Å². The van der Waals surface area contributed by atoms with E-state index >= 15 is 0 Å². The molecule has 0 aliphatic rings. The van der Waals surface area contributed by atoms with E-state index in [1.54, 1.807) is 60.7 Å². The molecule has 0 radical (unpaired) electrons. The molecule has 0 saturated heterocycles. The second-order valence-corrected chi connectivity index (χ2v) is 5.89. The van der Waals surface area contributed by atoms with Crippen LogP contribution in [-0.4, -0.2) is 25.2 Å². The maximum absolute atomic E-state index is 12.0. The molecule has 3 aromatic rings. The van der Waals surface area contributed by atoms with E-state index in [9.17, 15) is 9.59 Å². The Morgan fingerprint density at radius 1 is 1.11 bits per heavy atom. The minimum atomic E-state index is -0.453. The fourth-order valence-corrected chi connectivity index (χ4v) is 2.59. The van der Waals surface area contributed by atoms with Crippen molar-refractivity contribution in [2.24, 2.45) is 5.10 Å². The van der Waals surface area contributed by atoms with E-state index in [1.807, 2.05) is 0 Å². The van der Waals surface area contributed by atoms with Gasteiger partial charge < -0.3 is 9.15 Å². The van der Waals surface area contributed by atoms with Crippen LogP contribution in [0, 0.1) is 0 Å². The van der Waals surface area contributed by atoms with E-state index in [0.29, 0.717) is 33.2 Å². The van der Waals surface area contributed by atoms with E-state index in [0.717, 1.165) is 0 Å². The van der Waals surface area contributed by atoms with Gasteiger partial charge in [0, 0.05) is 16.1 Å². The first-order valence-electron chi connectivity index (χ1n) is 7.95. The number of carbonyl (C=O) groups excluding carboxylic acids is 2. The fourth-order valence-electron chi connectivity index (χ4n) is 2.40. The number of benzene rings is 2. The van der Waals surface area contributed by atoms with E-state index < -0.39 is 11.9 Å². The number of hydrogen-bond acceptors (Lipinski definition) is 5. The predicted octanol–water partition coefficient (Wildman–Crippen LogP) is 4.15. The van der Waals surface area contributed by atoms with Crippen LogP contribution < -0.4 is 5.43 Å². The Bertz CT molecular complexity index is 1010. The summed E-state index contributed by atoms with van der Waals surface area (Å²) in [6, 6.07) is 16.9. The zero-order valence-electron chi connectivity index (χ0n) is 14.3. The lowest BCUT2D eigenvalue weighted by Gasteiger charge is -2.04. The van der Waals surface area contributed by atoms with Crippen molar-refractivity contribution >= 4 is 29.7 Å². The van der Waals surface area contributed by atoms with Crippen molar-refractivity contribution in [3.05, 3.63) is 82.6 Å². The summed E-state index contributed by atoms with van der Waals surface area (Å²) >= 11 is 5.86. The molecule has 0 spiro atoms. The van der Waals surface area contributed by atoms with Crippen LogP contribution in [-0.2, 0) is 4.74 Å². The molecular weight excluding hydrogens is 368 g/mol. The smallest absolute Gasteiger partial charge is 0.338 e. The third-order valence-electron chi connectivity index (χ3n) is 3.67. The highest BCUT2D eigenvalue weighted by Crippen LogP contribution is 2.26. The number of methoxy groups -OCH3 is 1. The molecule has 1 N–H and O–H groups in total. The van der Waals surface area contributed by atoms with Crippen molar-refractivity contribution in [3.63, 3.8) is 0 Å². The standard InChI is InChI=1S/C20H15ClN2O4/c1-26-20(25)17-8-3-2-7-16(17)18-10-9-15(27-18)12-22-23-19(24)13-5-4-6-14(21)11-13/h2-12H,1H3,(H,23,24)/b22-12+. The number of furan rings is 1. The summed E-state index contributed by atoms with van der Waals surface area (Å²) in [4.78, 5) is 23.9. The van der Waals surface area contributed by atoms with Crippen molar-refractivity contribution < 1.29 is 18.7 Å². The molecule has 3 rings (SSSR count). The van der Waals surface area contributed by atoms with Crippen molar-refractivity contribution in [2.45, 2.75) is 0 Å². The number of hydrogen-bond donors (Lipinski definition) is 1. The van der Waals surface area contributed by atoms with Gasteiger partial charge in [0.05, 0.1) is 18.9 Å². The second kappa shape index (κ2) is 8.33. The number of esters is 1. The number of hydrazone groups is 1. The van der Waals surface area contributed by atoms with E-state index in [4.69, 9.17) is 20.8 Å². The highest BCUT2D eigenvalue weighted by atomic mass is 35.5. The van der Waals surface area contributed by atoms with Crippen LogP contribution in [0.25, 0.3) is 11.3 Å². The van der Waals surface area contributed by atoms with Crippen molar-refractivity contribution in [3.8, 4) is 11.3 Å². The molecule has 2 aromatic carbocycles. The maximum Gasteiger partial charge on any atom is 0.338 e. The van der Waals surface area contributed by atoms with Gasteiger partial charge in [0.25, 0.3) is 5.91 Å². The molecule has 7 heteroatoms. The summed E-state index contributed by atoms with van der Waals surface area (Å²) in [5.74, 6) is 0.0530. The average Bonchev–Trinajstić information content (AvgIpc) is 3.16. The number of nitrogens with one attached hydrogen (secondary N) is 1. The molecule has 6 nitrogen and oxygen atoms in total. The van der Waals surface area contributed by atoms with Gasteiger partial charge in [-0.05, 0) is 36.4 Å². The quantitative estimate of drug-likeness (QED) is 0.408. The normalized spacial score (nSPS) is 10.7. The zero-order chi connectivity index (χ0) is 19.2. The minimum Gasteiger partial charge on any atom is -0.465 e. The molecule has 0 unspecified atom stereocenters. The summed E-state index contributed by atoms with van der Waals surface area (Å²) in [5.41, 5.74) is 3.79. The first-order chi connectivity index (χ1) is 13.1.